The molecular weight excluding hydrogens is 520 g/mol. The van der Waals surface area contributed by atoms with Crippen molar-refractivity contribution in [2.24, 2.45) is 0 Å². The Morgan fingerprint density at radius 3 is 2.65 bits per heavy atom. The van der Waals surface area contributed by atoms with Gasteiger partial charge in [0.05, 0.1) is 19.2 Å². The maximum absolute atomic E-state index is 13.3. The lowest BCUT2D eigenvalue weighted by atomic mass is 9.87. The first-order valence-electron chi connectivity index (χ1n) is 12.9. The zero-order chi connectivity index (χ0) is 28.4. The minimum absolute atomic E-state index is 0.156. The zero-order valence-corrected chi connectivity index (χ0v) is 22.2. The number of rotatable bonds is 5. The Bertz CT molecular complexity index is 1600. The number of amides is 1. The molecule has 3 atom stereocenters. The van der Waals surface area contributed by atoms with E-state index in [2.05, 4.69) is 4.98 Å². The fraction of sp³-hybridized carbons (Fsp3) is 0.345. The minimum Gasteiger partial charge on any atom is -0.441 e. The molecule has 0 bridgehead atoms. The number of halogens is 2. The number of carbonyl (C=O) groups is 1. The average molecular weight is 550 g/mol. The van der Waals surface area contributed by atoms with Crippen LogP contribution < -0.4 is 5.73 Å². The number of anilines is 1. The molecule has 4 heterocycles. The SMILES string of the molecule is CC(O)(c1ccc(-c2nc([C@H]3CN4C(=O)OC(C)(C)[C@@H]4CO3)n3ccnc(N)c23)cc1)c1cccc(C(F)F)c1. The number of hydrogen-bond acceptors (Lipinski definition) is 7. The molecule has 0 radical (unpaired) electrons. The van der Waals surface area contributed by atoms with E-state index in [0.717, 1.165) is 0 Å². The van der Waals surface area contributed by atoms with Gasteiger partial charge in [0.2, 0.25) is 0 Å². The number of morpholine rings is 1. The lowest BCUT2D eigenvalue weighted by Gasteiger charge is -2.36. The monoisotopic (exact) mass is 549 g/mol. The second-order valence-corrected chi connectivity index (χ2v) is 10.9. The highest BCUT2D eigenvalue weighted by molar-refractivity contribution is 5.85. The van der Waals surface area contributed by atoms with Crippen molar-refractivity contribution in [1.82, 2.24) is 19.3 Å². The second-order valence-electron chi connectivity index (χ2n) is 10.9. The number of carbonyl (C=O) groups excluding carboxylic acids is 1. The van der Waals surface area contributed by atoms with Crippen molar-refractivity contribution < 1.29 is 28.2 Å². The molecule has 3 N–H and O–H groups in total. The average Bonchev–Trinajstić information content (AvgIpc) is 3.43. The third-order valence-electron chi connectivity index (χ3n) is 7.90. The predicted molar refractivity (Wildman–Crippen MR) is 143 cm³/mol. The highest BCUT2D eigenvalue weighted by Gasteiger charge is 2.51. The summed E-state index contributed by atoms with van der Waals surface area (Å²) >= 11 is 0. The molecule has 9 nitrogen and oxygen atoms in total. The molecule has 11 heteroatoms. The maximum atomic E-state index is 13.3. The van der Waals surface area contributed by atoms with Crippen LogP contribution >= 0.6 is 0 Å². The van der Waals surface area contributed by atoms with Gasteiger partial charge in [-0.2, -0.15) is 0 Å². The van der Waals surface area contributed by atoms with Crippen LogP contribution in [0.5, 0.6) is 0 Å². The van der Waals surface area contributed by atoms with Crippen LogP contribution in [0, 0.1) is 0 Å². The number of ether oxygens (including phenoxy) is 2. The molecule has 0 saturated carbocycles. The first-order chi connectivity index (χ1) is 19.0. The van der Waals surface area contributed by atoms with Crippen LogP contribution in [0.1, 0.15) is 55.8 Å². The van der Waals surface area contributed by atoms with Crippen molar-refractivity contribution >= 4 is 17.4 Å². The zero-order valence-electron chi connectivity index (χ0n) is 22.2. The van der Waals surface area contributed by atoms with Crippen LogP contribution in [0.25, 0.3) is 16.8 Å². The molecule has 4 aromatic rings. The summed E-state index contributed by atoms with van der Waals surface area (Å²) in [6, 6.07) is 12.6. The number of cyclic esters (lactones) is 1. The molecule has 208 valence electrons. The number of aliphatic hydroxyl groups is 1. The minimum atomic E-state index is -2.64. The molecule has 6 rings (SSSR count). The molecule has 2 aliphatic rings. The van der Waals surface area contributed by atoms with Crippen LogP contribution in [0.15, 0.2) is 60.9 Å². The molecular formula is C29H29F2N5O4. The smallest absolute Gasteiger partial charge is 0.410 e. The molecule has 0 aliphatic carbocycles. The fourth-order valence-electron chi connectivity index (χ4n) is 5.55. The lowest BCUT2D eigenvalue weighted by Crippen LogP contribution is -2.50. The van der Waals surface area contributed by atoms with E-state index in [0.29, 0.717) is 40.3 Å². The van der Waals surface area contributed by atoms with Gasteiger partial charge in [-0.15, -0.1) is 0 Å². The van der Waals surface area contributed by atoms with Crippen molar-refractivity contribution in [3.8, 4) is 11.3 Å². The highest BCUT2D eigenvalue weighted by Crippen LogP contribution is 2.39. The molecule has 0 spiro atoms. The predicted octanol–water partition coefficient (Wildman–Crippen LogP) is 4.84. The fourth-order valence-corrected chi connectivity index (χ4v) is 5.55. The van der Waals surface area contributed by atoms with Crippen molar-refractivity contribution in [2.75, 3.05) is 18.9 Å². The maximum Gasteiger partial charge on any atom is 0.410 e. The topological polar surface area (TPSA) is 115 Å². The van der Waals surface area contributed by atoms with Gasteiger partial charge < -0.3 is 20.3 Å². The summed E-state index contributed by atoms with van der Waals surface area (Å²) in [6.07, 6.45) is -0.226. The Balaban J connectivity index is 1.35. The number of nitrogen functional groups attached to an aromatic ring is 1. The van der Waals surface area contributed by atoms with E-state index >= 15 is 0 Å². The van der Waals surface area contributed by atoms with E-state index in [1.54, 1.807) is 54.5 Å². The van der Waals surface area contributed by atoms with Crippen LogP contribution in [0.2, 0.25) is 0 Å². The number of benzene rings is 2. The van der Waals surface area contributed by atoms with Gasteiger partial charge in [0.25, 0.3) is 6.43 Å². The Morgan fingerprint density at radius 1 is 1.18 bits per heavy atom. The van der Waals surface area contributed by atoms with Gasteiger partial charge in [0.1, 0.15) is 40.2 Å². The Morgan fingerprint density at radius 2 is 1.93 bits per heavy atom. The van der Waals surface area contributed by atoms with E-state index in [1.807, 2.05) is 18.2 Å². The van der Waals surface area contributed by atoms with E-state index in [9.17, 15) is 18.7 Å². The van der Waals surface area contributed by atoms with Crippen molar-refractivity contribution in [3.63, 3.8) is 0 Å². The Kier molecular flexibility index (Phi) is 6.04. The molecule has 1 amide bonds. The number of alkyl halides is 2. The first kappa shape index (κ1) is 26.1. The van der Waals surface area contributed by atoms with Crippen LogP contribution in [-0.2, 0) is 15.1 Å². The van der Waals surface area contributed by atoms with Gasteiger partial charge in [-0.25, -0.2) is 23.5 Å². The van der Waals surface area contributed by atoms with Crippen LogP contribution in [-0.4, -0.2) is 55.3 Å². The summed E-state index contributed by atoms with van der Waals surface area (Å²) in [5, 5.41) is 11.3. The van der Waals surface area contributed by atoms with E-state index in [-0.39, 0.29) is 30.1 Å². The molecule has 1 unspecified atom stereocenters. The number of nitrogens with two attached hydrogens (primary N) is 1. The van der Waals surface area contributed by atoms with Gasteiger partial charge in [-0.3, -0.25) is 9.30 Å². The van der Waals surface area contributed by atoms with E-state index < -0.39 is 23.7 Å². The lowest BCUT2D eigenvalue weighted by molar-refractivity contribution is -0.0632. The quantitative estimate of drug-likeness (QED) is 0.366. The van der Waals surface area contributed by atoms with Crippen LogP contribution in [0.4, 0.5) is 19.4 Å². The Hall–Kier alpha value is -4.09. The van der Waals surface area contributed by atoms with Gasteiger partial charge in [-0.05, 0) is 38.0 Å². The van der Waals surface area contributed by atoms with Gasteiger partial charge in [0.15, 0.2) is 0 Å². The van der Waals surface area contributed by atoms with Crippen molar-refractivity contribution in [1.29, 1.82) is 0 Å². The van der Waals surface area contributed by atoms with E-state index in [4.69, 9.17) is 20.2 Å². The number of imidazole rings is 1. The van der Waals surface area contributed by atoms with Gasteiger partial charge in [0, 0.05) is 23.5 Å². The van der Waals surface area contributed by atoms with Gasteiger partial charge in [-0.1, -0.05) is 42.5 Å². The number of fused-ring (bicyclic) bond motifs is 2. The molecule has 2 aliphatic heterocycles. The number of nitrogens with zero attached hydrogens (tertiary/aromatic N) is 4. The van der Waals surface area contributed by atoms with Crippen molar-refractivity contribution in [2.45, 2.75) is 50.5 Å². The summed E-state index contributed by atoms with van der Waals surface area (Å²) in [4.78, 5) is 23.4. The Labute approximate surface area is 229 Å². The summed E-state index contributed by atoms with van der Waals surface area (Å²) in [7, 11) is 0. The third kappa shape index (κ3) is 4.16. The second kappa shape index (κ2) is 9.24. The summed E-state index contributed by atoms with van der Waals surface area (Å²) in [5.41, 5.74) is 6.71. The highest BCUT2D eigenvalue weighted by atomic mass is 19.3. The standard InChI is InChI=1S/C29H29F2N5O4/c1-28(2)21-15-39-20(14-36(21)27(37)40-28)26-34-22(23-25(32)33-11-12-35(23)26)16-7-9-18(10-8-16)29(3,38)19-6-4-5-17(13-19)24(30)31/h4-13,20-21,24,38H,14-15H2,1-3H3,(H2,32,33)/t20-,21+,29?/m1/s1. The first-order valence-corrected chi connectivity index (χ1v) is 12.9. The summed E-state index contributed by atoms with van der Waals surface area (Å²) < 4.78 is 40.1. The normalized spacial score (nSPS) is 21.9. The summed E-state index contributed by atoms with van der Waals surface area (Å²) in [6.45, 7) is 5.87. The largest absolute Gasteiger partial charge is 0.441 e. The van der Waals surface area contributed by atoms with Crippen LogP contribution in [0.3, 0.4) is 0 Å². The molecule has 40 heavy (non-hydrogen) atoms. The molecule has 2 fully saturated rings. The van der Waals surface area contributed by atoms with Gasteiger partial charge >= 0.3 is 6.09 Å². The molecule has 2 aromatic carbocycles. The molecule has 2 aromatic heterocycles. The number of aromatic nitrogens is 3. The number of hydrogen-bond donors (Lipinski definition) is 2. The molecule has 2 saturated heterocycles. The van der Waals surface area contributed by atoms with Crippen molar-refractivity contribution in [3.05, 3.63) is 83.4 Å². The summed E-state index contributed by atoms with van der Waals surface area (Å²) in [5.74, 6) is 0.835. The van der Waals surface area contributed by atoms with E-state index in [1.165, 1.54) is 18.2 Å². The third-order valence-corrected chi connectivity index (χ3v) is 7.90.